The molecule has 0 bridgehead atoms. The molecule has 2 aromatic rings. The molecule has 2 rings (SSSR count). The molecule has 3 N–H and O–H groups in total. The van der Waals surface area contributed by atoms with Crippen LogP contribution in [0.1, 0.15) is 13.3 Å². The fraction of sp³-hybridized carbons (Fsp3) is 0.211. The summed E-state index contributed by atoms with van der Waals surface area (Å²) in [7, 11) is 0. The number of anilines is 3. The second-order valence-electron chi connectivity index (χ2n) is 5.27. The number of aliphatic hydroxyl groups excluding tert-OH is 1. The van der Waals surface area contributed by atoms with Crippen molar-refractivity contribution < 1.29 is 9.90 Å². The molecule has 0 spiro atoms. The minimum absolute atomic E-state index is 0.0655. The summed E-state index contributed by atoms with van der Waals surface area (Å²) < 4.78 is 0. The number of hydrogen-bond acceptors (Lipinski definition) is 4. The molecule has 0 aromatic heterocycles. The molecule has 4 nitrogen and oxygen atoms in total. The maximum Gasteiger partial charge on any atom is 0.158 e. The van der Waals surface area contributed by atoms with Gasteiger partial charge >= 0.3 is 0 Å². The largest absolute Gasteiger partial charge is 0.391 e. The fourth-order valence-electron chi connectivity index (χ4n) is 2.15. The maximum atomic E-state index is 11.4. The highest BCUT2D eigenvalue weighted by atomic mass is 16.3. The van der Waals surface area contributed by atoms with Crippen molar-refractivity contribution in [3.63, 3.8) is 0 Å². The van der Waals surface area contributed by atoms with Gasteiger partial charge in [0, 0.05) is 30.0 Å². The first-order valence-electron chi connectivity index (χ1n) is 7.67. The molecule has 0 amide bonds. The van der Waals surface area contributed by atoms with E-state index in [0.29, 0.717) is 6.54 Å². The van der Waals surface area contributed by atoms with E-state index < -0.39 is 6.10 Å². The van der Waals surface area contributed by atoms with Crippen molar-refractivity contribution in [3.05, 3.63) is 66.7 Å². The van der Waals surface area contributed by atoms with Crippen molar-refractivity contribution in [2.24, 2.45) is 0 Å². The van der Waals surface area contributed by atoms with Crippen LogP contribution in [0.25, 0.3) is 0 Å². The van der Waals surface area contributed by atoms with Crippen LogP contribution in [-0.4, -0.2) is 23.5 Å². The number of carbonyl (C=O) groups is 1. The number of benzene rings is 2. The number of allylic oxidation sites excluding steroid dienone is 2. The Kier molecular flexibility index (Phi) is 6.39. The fourth-order valence-corrected chi connectivity index (χ4v) is 2.15. The van der Waals surface area contributed by atoms with Crippen molar-refractivity contribution >= 4 is 22.8 Å². The van der Waals surface area contributed by atoms with Crippen LogP contribution in [0.4, 0.5) is 17.1 Å². The van der Waals surface area contributed by atoms with Crippen LogP contribution in [0, 0.1) is 0 Å². The maximum absolute atomic E-state index is 11.4. The summed E-state index contributed by atoms with van der Waals surface area (Å²) >= 11 is 0. The Morgan fingerprint density at radius 2 is 1.65 bits per heavy atom. The molecule has 0 aliphatic heterocycles. The summed E-state index contributed by atoms with van der Waals surface area (Å²) in [6, 6.07) is 17.7. The zero-order valence-electron chi connectivity index (χ0n) is 13.2. The van der Waals surface area contributed by atoms with Crippen LogP contribution < -0.4 is 10.6 Å². The average molecular weight is 310 g/mol. The Balaban J connectivity index is 1.82. The first-order valence-corrected chi connectivity index (χ1v) is 7.67. The average Bonchev–Trinajstić information content (AvgIpc) is 2.55. The molecule has 2 aromatic carbocycles. The summed E-state index contributed by atoms with van der Waals surface area (Å²) in [6.45, 7) is 2.13. The standard InChI is InChI=1S/C19H22N2O2/c1-2-6-18(22)13-19(23)14-20-15-9-11-17(12-10-15)21-16-7-4-3-5-8-16/h2-12,19-21,23H,13-14H2,1H3. The normalized spacial score (nSPS) is 12.1. The third-order valence-corrected chi connectivity index (χ3v) is 3.28. The van der Waals surface area contributed by atoms with Crippen molar-refractivity contribution in [3.8, 4) is 0 Å². The minimum atomic E-state index is -0.694. The van der Waals surface area contributed by atoms with Crippen molar-refractivity contribution in [2.75, 3.05) is 17.2 Å². The summed E-state index contributed by atoms with van der Waals surface area (Å²) in [4.78, 5) is 11.4. The smallest absolute Gasteiger partial charge is 0.158 e. The van der Waals surface area contributed by atoms with Crippen molar-refractivity contribution in [1.29, 1.82) is 0 Å². The Morgan fingerprint density at radius 3 is 2.30 bits per heavy atom. The summed E-state index contributed by atoms with van der Waals surface area (Å²) in [5, 5.41) is 16.3. The van der Waals surface area contributed by atoms with E-state index in [1.807, 2.05) is 54.6 Å². The Morgan fingerprint density at radius 1 is 1.04 bits per heavy atom. The van der Waals surface area contributed by atoms with E-state index in [9.17, 15) is 9.90 Å². The Bertz CT molecular complexity index is 636. The second kappa shape index (κ2) is 8.76. The van der Waals surface area contributed by atoms with Gasteiger partial charge in [-0.3, -0.25) is 4.79 Å². The lowest BCUT2D eigenvalue weighted by Crippen LogP contribution is -2.22. The number of carbonyl (C=O) groups excluding carboxylic acids is 1. The monoisotopic (exact) mass is 310 g/mol. The van der Waals surface area contributed by atoms with E-state index in [1.165, 1.54) is 6.08 Å². The molecular formula is C19H22N2O2. The SMILES string of the molecule is CC=CC(=O)CC(O)CNc1ccc(Nc2ccccc2)cc1. The van der Waals surface area contributed by atoms with E-state index in [4.69, 9.17) is 0 Å². The quantitative estimate of drug-likeness (QED) is 0.650. The molecular weight excluding hydrogens is 288 g/mol. The van der Waals surface area contributed by atoms with Gasteiger partial charge in [-0.1, -0.05) is 24.3 Å². The number of hydrogen-bond donors (Lipinski definition) is 3. The molecule has 1 unspecified atom stereocenters. The topological polar surface area (TPSA) is 61.4 Å². The van der Waals surface area contributed by atoms with Crippen LogP contribution in [0.15, 0.2) is 66.7 Å². The molecule has 0 saturated heterocycles. The highest BCUT2D eigenvalue weighted by molar-refractivity contribution is 5.89. The third kappa shape index (κ3) is 5.96. The summed E-state index contributed by atoms with van der Waals surface area (Å²) in [5.74, 6) is -0.0655. The molecule has 0 saturated carbocycles. The minimum Gasteiger partial charge on any atom is -0.391 e. The highest BCUT2D eigenvalue weighted by Crippen LogP contribution is 2.18. The molecule has 0 fully saturated rings. The van der Waals surface area contributed by atoms with Gasteiger partial charge in [-0.25, -0.2) is 0 Å². The predicted octanol–water partition coefficient (Wildman–Crippen LogP) is 3.74. The van der Waals surface area contributed by atoms with Crippen LogP contribution in [-0.2, 0) is 4.79 Å². The summed E-state index contributed by atoms with van der Waals surface area (Å²) in [6.07, 6.45) is 2.60. The van der Waals surface area contributed by atoms with Gasteiger partial charge in [0.15, 0.2) is 5.78 Å². The lowest BCUT2D eigenvalue weighted by atomic mass is 10.1. The predicted molar refractivity (Wildman–Crippen MR) is 95.1 cm³/mol. The number of rotatable bonds is 8. The van der Waals surface area contributed by atoms with E-state index in [1.54, 1.807) is 13.0 Å². The zero-order valence-corrected chi connectivity index (χ0v) is 13.2. The van der Waals surface area contributed by atoms with Gasteiger partial charge in [-0.2, -0.15) is 0 Å². The van der Waals surface area contributed by atoms with E-state index in [-0.39, 0.29) is 12.2 Å². The van der Waals surface area contributed by atoms with Gasteiger partial charge in [0.05, 0.1) is 6.10 Å². The van der Waals surface area contributed by atoms with Crippen LogP contribution in [0.5, 0.6) is 0 Å². The van der Waals surface area contributed by atoms with Crippen LogP contribution >= 0.6 is 0 Å². The molecule has 0 aliphatic carbocycles. The van der Waals surface area contributed by atoms with Crippen molar-refractivity contribution in [1.82, 2.24) is 0 Å². The molecule has 120 valence electrons. The van der Waals surface area contributed by atoms with Crippen molar-refractivity contribution in [2.45, 2.75) is 19.4 Å². The third-order valence-electron chi connectivity index (χ3n) is 3.28. The lowest BCUT2D eigenvalue weighted by molar-refractivity contribution is -0.116. The van der Waals surface area contributed by atoms with Gasteiger partial charge in [0.25, 0.3) is 0 Å². The molecule has 0 heterocycles. The number of para-hydroxylation sites is 1. The summed E-state index contributed by atoms with van der Waals surface area (Å²) in [5.41, 5.74) is 2.93. The van der Waals surface area contributed by atoms with Crippen LogP contribution in [0.3, 0.4) is 0 Å². The number of nitrogens with one attached hydrogen (secondary N) is 2. The van der Waals surface area contributed by atoms with Crippen LogP contribution in [0.2, 0.25) is 0 Å². The molecule has 4 heteroatoms. The van der Waals surface area contributed by atoms with Gasteiger partial charge in [0.2, 0.25) is 0 Å². The second-order valence-corrected chi connectivity index (χ2v) is 5.27. The first kappa shape index (κ1) is 16.8. The molecule has 1 atom stereocenters. The lowest BCUT2D eigenvalue weighted by Gasteiger charge is -2.12. The molecule has 0 radical (unpaired) electrons. The highest BCUT2D eigenvalue weighted by Gasteiger charge is 2.08. The Labute approximate surface area is 136 Å². The molecule has 0 aliphatic rings. The van der Waals surface area contributed by atoms with E-state index >= 15 is 0 Å². The van der Waals surface area contributed by atoms with Gasteiger partial charge in [-0.15, -0.1) is 0 Å². The van der Waals surface area contributed by atoms with Gasteiger partial charge in [-0.05, 0) is 49.4 Å². The van der Waals surface area contributed by atoms with Gasteiger partial charge in [0.1, 0.15) is 0 Å². The van der Waals surface area contributed by atoms with Gasteiger partial charge < -0.3 is 15.7 Å². The Hall–Kier alpha value is -2.59. The first-order chi connectivity index (χ1) is 11.2. The van der Waals surface area contributed by atoms with E-state index in [0.717, 1.165) is 17.1 Å². The number of ketones is 1. The number of aliphatic hydroxyl groups is 1. The zero-order chi connectivity index (χ0) is 16.5. The van der Waals surface area contributed by atoms with E-state index in [2.05, 4.69) is 10.6 Å². The molecule has 23 heavy (non-hydrogen) atoms.